The van der Waals surface area contributed by atoms with Gasteiger partial charge in [0.05, 0.1) is 11.7 Å². The standard InChI is InChI=1S/C13H17N3O/c1-9-8-12(15(2)14-9)13(17)16-10-4-3-5-11(16)7-6-10/h3-4,8,10-11H,5-7H2,1-2H3. The number of fused-ring (bicyclic) bond motifs is 2. The van der Waals surface area contributed by atoms with Crippen molar-refractivity contribution < 1.29 is 4.79 Å². The van der Waals surface area contributed by atoms with Crippen LogP contribution in [0.1, 0.15) is 35.4 Å². The Bertz CT molecular complexity index is 489. The van der Waals surface area contributed by atoms with E-state index in [4.69, 9.17) is 0 Å². The third-order valence-corrected chi connectivity index (χ3v) is 3.77. The van der Waals surface area contributed by atoms with Gasteiger partial charge in [-0.3, -0.25) is 9.48 Å². The molecular weight excluding hydrogens is 214 g/mol. The molecule has 17 heavy (non-hydrogen) atoms. The maximum absolute atomic E-state index is 12.5. The molecule has 0 radical (unpaired) electrons. The molecule has 1 saturated heterocycles. The van der Waals surface area contributed by atoms with E-state index >= 15 is 0 Å². The van der Waals surface area contributed by atoms with Gasteiger partial charge >= 0.3 is 0 Å². The van der Waals surface area contributed by atoms with Crippen LogP contribution in [0.15, 0.2) is 18.2 Å². The largest absolute Gasteiger partial charge is 0.328 e. The summed E-state index contributed by atoms with van der Waals surface area (Å²) in [6, 6.07) is 2.57. The lowest BCUT2D eigenvalue weighted by molar-refractivity contribution is 0.0677. The minimum absolute atomic E-state index is 0.130. The van der Waals surface area contributed by atoms with E-state index in [0.717, 1.165) is 25.0 Å². The SMILES string of the molecule is Cc1cc(C(=O)N2C3C=CCC2CC3)n(C)n1. The van der Waals surface area contributed by atoms with E-state index in [0.29, 0.717) is 17.8 Å². The summed E-state index contributed by atoms with van der Waals surface area (Å²) in [5.41, 5.74) is 1.60. The molecule has 2 aliphatic heterocycles. The van der Waals surface area contributed by atoms with Crippen molar-refractivity contribution in [1.29, 1.82) is 0 Å². The van der Waals surface area contributed by atoms with E-state index in [-0.39, 0.29) is 5.91 Å². The molecule has 1 fully saturated rings. The van der Waals surface area contributed by atoms with Crippen molar-refractivity contribution in [1.82, 2.24) is 14.7 Å². The zero-order chi connectivity index (χ0) is 12.0. The fourth-order valence-corrected chi connectivity index (χ4v) is 2.98. The molecular formula is C13H17N3O. The van der Waals surface area contributed by atoms with Crippen molar-refractivity contribution >= 4 is 5.91 Å². The molecule has 0 saturated carbocycles. The lowest BCUT2D eigenvalue weighted by atomic mass is 10.1. The highest BCUT2D eigenvalue weighted by Gasteiger charge is 2.38. The Kier molecular flexibility index (Phi) is 2.31. The van der Waals surface area contributed by atoms with E-state index in [1.54, 1.807) is 4.68 Å². The van der Waals surface area contributed by atoms with E-state index in [9.17, 15) is 4.79 Å². The molecule has 2 bridgehead atoms. The van der Waals surface area contributed by atoms with Crippen LogP contribution in [0.3, 0.4) is 0 Å². The Labute approximate surface area is 101 Å². The molecule has 4 nitrogen and oxygen atoms in total. The minimum atomic E-state index is 0.130. The van der Waals surface area contributed by atoms with Crippen LogP contribution in [0, 0.1) is 6.92 Å². The Morgan fingerprint density at radius 2 is 2.29 bits per heavy atom. The van der Waals surface area contributed by atoms with Crippen molar-refractivity contribution in [2.24, 2.45) is 7.05 Å². The molecule has 1 aromatic rings. The second-order valence-electron chi connectivity index (χ2n) is 4.97. The predicted octanol–water partition coefficient (Wildman–Crippen LogP) is 1.66. The van der Waals surface area contributed by atoms with E-state index < -0.39 is 0 Å². The predicted molar refractivity (Wildman–Crippen MR) is 64.7 cm³/mol. The summed E-state index contributed by atoms with van der Waals surface area (Å²) in [7, 11) is 1.84. The highest BCUT2D eigenvalue weighted by Crippen LogP contribution is 2.32. The first-order chi connectivity index (χ1) is 8.16. The quantitative estimate of drug-likeness (QED) is 0.689. The molecule has 0 aliphatic carbocycles. The zero-order valence-electron chi connectivity index (χ0n) is 10.3. The summed E-state index contributed by atoms with van der Waals surface area (Å²) in [6.45, 7) is 1.92. The lowest BCUT2D eigenvalue weighted by Crippen LogP contribution is -2.42. The van der Waals surface area contributed by atoms with Crippen LogP contribution in [0.5, 0.6) is 0 Å². The van der Waals surface area contributed by atoms with Crippen molar-refractivity contribution in [3.63, 3.8) is 0 Å². The number of carbonyl (C=O) groups excluding carboxylic acids is 1. The Balaban J connectivity index is 1.93. The van der Waals surface area contributed by atoms with E-state index in [1.165, 1.54) is 0 Å². The monoisotopic (exact) mass is 231 g/mol. The van der Waals surface area contributed by atoms with Gasteiger partial charge in [-0.2, -0.15) is 5.10 Å². The molecule has 2 atom stereocenters. The molecule has 90 valence electrons. The van der Waals surface area contributed by atoms with Gasteiger partial charge in [0.1, 0.15) is 5.69 Å². The van der Waals surface area contributed by atoms with Crippen LogP contribution < -0.4 is 0 Å². The first kappa shape index (κ1) is 10.6. The minimum Gasteiger partial charge on any atom is -0.328 e. The number of aromatic nitrogens is 2. The molecule has 2 aliphatic rings. The van der Waals surface area contributed by atoms with Gasteiger partial charge in [-0.25, -0.2) is 0 Å². The van der Waals surface area contributed by atoms with Gasteiger partial charge in [-0.1, -0.05) is 12.2 Å². The second-order valence-corrected chi connectivity index (χ2v) is 4.97. The summed E-state index contributed by atoms with van der Waals surface area (Å²) >= 11 is 0. The molecule has 3 heterocycles. The Morgan fingerprint density at radius 3 is 2.94 bits per heavy atom. The summed E-state index contributed by atoms with van der Waals surface area (Å²) in [5, 5.41) is 4.25. The molecule has 4 heteroatoms. The molecule has 0 spiro atoms. The number of carbonyl (C=O) groups is 1. The molecule has 1 amide bonds. The van der Waals surface area contributed by atoms with Crippen LogP contribution >= 0.6 is 0 Å². The van der Waals surface area contributed by atoms with Crippen LogP contribution in [0.4, 0.5) is 0 Å². The van der Waals surface area contributed by atoms with Crippen LogP contribution in [-0.2, 0) is 7.05 Å². The highest BCUT2D eigenvalue weighted by molar-refractivity contribution is 5.93. The molecule has 0 N–H and O–H groups in total. The molecule has 2 unspecified atom stereocenters. The average molecular weight is 231 g/mol. The third kappa shape index (κ3) is 1.59. The summed E-state index contributed by atoms with van der Waals surface area (Å²) in [5.74, 6) is 0.130. The maximum Gasteiger partial charge on any atom is 0.272 e. The Hall–Kier alpha value is -1.58. The van der Waals surface area contributed by atoms with Crippen molar-refractivity contribution in [3.05, 3.63) is 29.6 Å². The smallest absolute Gasteiger partial charge is 0.272 e. The Morgan fingerprint density at radius 1 is 1.47 bits per heavy atom. The van der Waals surface area contributed by atoms with Crippen molar-refractivity contribution in [3.8, 4) is 0 Å². The average Bonchev–Trinajstić information content (AvgIpc) is 2.75. The van der Waals surface area contributed by atoms with Crippen molar-refractivity contribution in [2.75, 3.05) is 0 Å². The van der Waals surface area contributed by atoms with Gasteiger partial charge in [0.2, 0.25) is 0 Å². The molecule has 3 rings (SSSR count). The van der Waals surface area contributed by atoms with Gasteiger partial charge in [-0.15, -0.1) is 0 Å². The number of hydrogen-bond donors (Lipinski definition) is 0. The highest BCUT2D eigenvalue weighted by atomic mass is 16.2. The molecule has 0 aromatic carbocycles. The summed E-state index contributed by atoms with van der Waals surface area (Å²) in [6.07, 6.45) is 7.61. The number of nitrogens with zero attached hydrogens (tertiary/aromatic N) is 3. The number of aryl methyl sites for hydroxylation is 2. The summed E-state index contributed by atoms with van der Waals surface area (Å²) < 4.78 is 1.69. The van der Waals surface area contributed by atoms with Gasteiger partial charge in [-0.05, 0) is 32.3 Å². The van der Waals surface area contributed by atoms with Crippen molar-refractivity contribution in [2.45, 2.75) is 38.3 Å². The number of rotatable bonds is 1. The van der Waals surface area contributed by atoms with Crippen LogP contribution in [-0.4, -0.2) is 32.7 Å². The van der Waals surface area contributed by atoms with E-state index in [1.807, 2.05) is 24.9 Å². The fraction of sp³-hybridized carbons (Fsp3) is 0.538. The molecule has 1 aromatic heterocycles. The second kappa shape index (κ2) is 3.72. The maximum atomic E-state index is 12.5. The normalized spacial score (nSPS) is 26.6. The zero-order valence-corrected chi connectivity index (χ0v) is 10.3. The van der Waals surface area contributed by atoms with Gasteiger partial charge in [0.15, 0.2) is 0 Å². The van der Waals surface area contributed by atoms with Gasteiger partial charge in [0, 0.05) is 13.1 Å². The van der Waals surface area contributed by atoms with E-state index in [2.05, 4.69) is 17.3 Å². The third-order valence-electron chi connectivity index (χ3n) is 3.77. The van der Waals surface area contributed by atoms with Gasteiger partial charge in [0.25, 0.3) is 5.91 Å². The topological polar surface area (TPSA) is 38.1 Å². The van der Waals surface area contributed by atoms with Gasteiger partial charge < -0.3 is 4.90 Å². The number of hydrogen-bond acceptors (Lipinski definition) is 2. The fourth-order valence-electron chi connectivity index (χ4n) is 2.98. The summed E-state index contributed by atoms with van der Waals surface area (Å²) in [4.78, 5) is 14.6. The van der Waals surface area contributed by atoms with Crippen LogP contribution in [0.2, 0.25) is 0 Å². The lowest BCUT2D eigenvalue weighted by Gasteiger charge is -2.31. The first-order valence-electron chi connectivity index (χ1n) is 6.17. The number of amides is 1. The first-order valence-corrected chi connectivity index (χ1v) is 6.17. The van der Waals surface area contributed by atoms with Crippen LogP contribution in [0.25, 0.3) is 0 Å².